The van der Waals surface area contributed by atoms with Crippen molar-refractivity contribution in [3.05, 3.63) is 60.8 Å². The largest absolute Gasteiger partial charge is 0.462 e. The molecule has 0 fully saturated rings. The highest BCUT2D eigenvalue weighted by molar-refractivity contribution is 5.77. The van der Waals surface area contributed by atoms with E-state index in [0.717, 1.165) is 83.5 Å². The molecule has 0 spiro atoms. The normalized spacial score (nSPS) is 13.9. The van der Waals surface area contributed by atoms with E-state index >= 15 is 0 Å². The van der Waals surface area contributed by atoms with E-state index in [1.165, 1.54) is 77.0 Å². The molecule has 0 aliphatic carbocycles. The first-order valence-corrected chi connectivity index (χ1v) is 23.0. The van der Waals surface area contributed by atoms with Crippen molar-refractivity contribution >= 4 is 11.9 Å². The summed E-state index contributed by atoms with van der Waals surface area (Å²) in [5, 5.41) is 23.6. The fourth-order valence-corrected chi connectivity index (χ4v) is 6.61. The van der Waals surface area contributed by atoms with E-state index in [4.69, 9.17) is 4.74 Å². The summed E-state index contributed by atoms with van der Waals surface area (Å²) in [4.78, 5) is 25.9. The lowest BCUT2D eigenvalue weighted by Gasteiger charge is -2.24. The second-order valence-corrected chi connectivity index (χ2v) is 15.4. The molecule has 1 amide bonds. The van der Waals surface area contributed by atoms with Gasteiger partial charge in [0, 0.05) is 6.42 Å². The third-order valence-corrected chi connectivity index (χ3v) is 10.1. The molecular weight excluding hydrogens is 683 g/mol. The molecule has 3 N–H and O–H groups in total. The number of aliphatic hydroxyl groups excluding tert-OH is 2. The van der Waals surface area contributed by atoms with E-state index in [1.807, 2.05) is 6.08 Å². The van der Waals surface area contributed by atoms with Gasteiger partial charge in [-0.25, -0.2) is 0 Å². The smallest absolute Gasteiger partial charge is 0.306 e. The molecule has 0 aliphatic heterocycles. The van der Waals surface area contributed by atoms with E-state index in [-0.39, 0.29) is 31.3 Å². The van der Waals surface area contributed by atoms with Crippen molar-refractivity contribution in [1.29, 1.82) is 0 Å². The molecule has 0 bridgehead atoms. The van der Waals surface area contributed by atoms with Crippen LogP contribution in [0.4, 0.5) is 0 Å². The minimum atomic E-state index is -0.801. The van der Waals surface area contributed by atoms with Gasteiger partial charge in [-0.2, -0.15) is 0 Å². The molecule has 3 unspecified atom stereocenters. The van der Waals surface area contributed by atoms with E-state index in [9.17, 15) is 19.8 Å². The maximum absolute atomic E-state index is 13.1. The highest BCUT2D eigenvalue weighted by atomic mass is 16.5. The summed E-state index contributed by atoms with van der Waals surface area (Å²) in [6.45, 7) is 6.30. The zero-order valence-electron chi connectivity index (χ0n) is 36.0. The zero-order valence-corrected chi connectivity index (χ0v) is 36.0. The molecule has 55 heavy (non-hydrogen) atoms. The number of carbonyl (C=O) groups is 2. The van der Waals surface area contributed by atoms with Crippen LogP contribution in [0.1, 0.15) is 213 Å². The summed E-state index contributed by atoms with van der Waals surface area (Å²) in [6, 6.07) is -0.718. The Hall–Kier alpha value is -2.44. The van der Waals surface area contributed by atoms with Crippen LogP contribution in [0, 0.1) is 0 Å². The Labute approximate surface area is 339 Å². The molecule has 6 heteroatoms. The molecular formula is C49H87NO5. The first-order valence-electron chi connectivity index (χ1n) is 23.0. The number of allylic oxidation sites excluding steroid dienone is 10. The van der Waals surface area contributed by atoms with Gasteiger partial charge in [-0.3, -0.25) is 9.59 Å². The topological polar surface area (TPSA) is 95.9 Å². The van der Waals surface area contributed by atoms with Crippen LogP contribution in [0.3, 0.4) is 0 Å². The summed E-state index contributed by atoms with van der Waals surface area (Å²) < 4.78 is 5.86. The summed E-state index contributed by atoms with van der Waals surface area (Å²) >= 11 is 0. The minimum absolute atomic E-state index is 0.0384. The Morgan fingerprint density at radius 1 is 0.545 bits per heavy atom. The molecule has 318 valence electrons. The zero-order chi connectivity index (χ0) is 40.3. The van der Waals surface area contributed by atoms with Crippen molar-refractivity contribution in [3.8, 4) is 0 Å². The highest BCUT2D eigenvalue weighted by Crippen LogP contribution is 2.16. The Balaban J connectivity index is 4.74. The molecule has 0 heterocycles. The number of esters is 1. The lowest BCUT2D eigenvalue weighted by Crippen LogP contribution is -2.46. The van der Waals surface area contributed by atoms with Gasteiger partial charge in [0.25, 0.3) is 0 Å². The van der Waals surface area contributed by atoms with Gasteiger partial charge in [-0.15, -0.1) is 0 Å². The number of carbonyl (C=O) groups excluding carboxylic acids is 2. The van der Waals surface area contributed by atoms with Gasteiger partial charge in [0.1, 0.15) is 6.10 Å². The monoisotopic (exact) mass is 770 g/mol. The van der Waals surface area contributed by atoms with Crippen LogP contribution in [0.2, 0.25) is 0 Å². The molecule has 6 nitrogen and oxygen atoms in total. The second-order valence-electron chi connectivity index (χ2n) is 15.4. The van der Waals surface area contributed by atoms with E-state index < -0.39 is 18.2 Å². The number of hydrogen-bond acceptors (Lipinski definition) is 5. The van der Waals surface area contributed by atoms with Crippen molar-refractivity contribution in [2.75, 3.05) is 6.61 Å². The van der Waals surface area contributed by atoms with Gasteiger partial charge < -0.3 is 20.3 Å². The Kier molecular flexibility index (Phi) is 40.8. The van der Waals surface area contributed by atoms with Crippen molar-refractivity contribution in [2.24, 2.45) is 0 Å². The van der Waals surface area contributed by atoms with Crippen molar-refractivity contribution in [3.63, 3.8) is 0 Å². The fourth-order valence-electron chi connectivity index (χ4n) is 6.61. The summed E-state index contributed by atoms with van der Waals surface area (Å²) in [7, 11) is 0. The van der Waals surface area contributed by atoms with Crippen LogP contribution in [-0.4, -0.2) is 46.9 Å². The Morgan fingerprint density at radius 3 is 1.49 bits per heavy atom. The molecule has 0 aromatic carbocycles. The first-order chi connectivity index (χ1) is 27.0. The molecule has 0 saturated heterocycles. The number of ether oxygens (including phenoxy) is 1. The quantitative estimate of drug-likeness (QED) is 0.0328. The fraction of sp³-hybridized carbons (Fsp3) is 0.755. The number of nitrogens with one attached hydrogen (secondary N) is 1. The van der Waals surface area contributed by atoms with E-state index in [0.29, 0.717) is 19.3 Å². The molecule has 0 saturated carbocycles. The minimum Gasteiger partial charge on any atom is -0.462 e. The predicted octanol–water partition coefficient (Wildman–Crippen LogP) is 13.3. The van der Waals surface area contributed by atoms with Gasteiger partial charge in [-0.05, 0) is 77.0 Å². The number of unbranched alkanes of at least 4 members (excludes halogenated alkanes) is 18. The van der Waals surface area contributed by atoms with E-state index in [2.05, 4.69) is 80.8 Å². The van der Waals surface area contributed by atoms with Crippen LogP contribution in [0.25, 0.3) is 0 Å². The molecule has 0 aromatic heterocycles. The molecule has 0 aromatic rings. The first kappa shape index (κ1) is 52.6. The van der Waals surface area contributed by atoms with E-state index in [1.54, 1.807) is 0 Å². The second kappa shape index (κ2) is 42.7. The van der Waals surface area contributed by atoms with Crippen LogP contribution in [0.5, 0.6) is 0 Å². The number of rotatable bonds is 40. The van der Waals surface area contributed by atoms with Crippen molar-refractivity contribution in [1.82, 2.24) is 5.32 Å². The number of hydrogen-bond donors (Lipinski definition) is 3. The van der Waals surface area contributed by atoms with Gasteiger partial charge in [0.15, 0.2) is 0 Å². The van der Waals surface area contributed by atoms with Crippen molar-refractivity contribution in [2.45, 2.75) is 232 Å². The lowest BCUT2D eigenvalue weighted by atomic mass is 10.0. The summed E-state index contributed by atoms with van der Waals surface area (Å²) in [5.74, 6) is -0.582. The third-order valence-electron chi connectivity index (χ3n) is 10.1. The third kappa shape index (κ3) is 38.2. The Morgan fingerprint density at radius 2 is 0.982 bits per heavy atom. The summed E-state index contributed by atoms with van der Waals surface area (Å²) in [6.07, 6.45) is 51.5. The number of aliphatic hydroxyl groups is 2. The van der Waals surface area contributed by atoms with Gasteiger partial charge >= 0.3 is 5.97 Å². The van der Waals surface area contributed by atoms with Crippen LogP contribution in [-0.2, 0) is 14.3 Å². The number of amides is 1. The van der Waals surface area contributed by atoms with Gasteiger partial charge in [0.2, 0.25) is 5.91 Å². The predicted molar refractivity (Wildman–Crippen MR) is 236 cm³/mol. The van der Waals surface area contributed by atoms with Crippen molar-refractivity contribution < 1.29 is 24.5 Å². The van der Waals surface area contributed by atoms with Crippen LogP contribution >= 0.6 is 0 Å². The Bertz CT molecular complexity index is 999. The maximum Gasteiger partial charge on any atom is 0.306 e. The molecule has 3 atom stereocenters. The molecule has 0 radical (unpaired) electrons. The highest BCUT2D eigenvalue weighted by Gasteiger charge is 2.24. The molecule has 0 aliphatic rings. The van der Waals surface area contributed by atoms with Crippen LogP contribution in [0.15, 0.2) is 60.8 Å². The average Bonchev–Trinajstić information content (AvgIpc) is 3.18. The van der Waals surface area contributed by atoms with Crippen LogP contribution < -0.4 is 5.32 Å². The lowest BCUT2D eigenvalue weighted by molar-refractivity contribution is -0.150. The summed E-state index contributed by atoms with van der Waals surface area (Å²) in [5.41, 5.74) is 0. The molecule has 0 rings (SSSR count). The average molecular weight is 770 g/mol. The standard InChI is InChI=1S/C49H87NO5/c1-4-7-10-13-16-19-21-23-25-26-29-31-34-37-40-45(55-49(54)42-39-36-33-30-27-24-22-20-17-14-11-8-5-2)43-48(53)50-46(44-51)47(52)41-38-35-32-28-18-15-12-9-6-3/h7,10,16,19,23-25,27,33,36,45-47,51-52H,4-6,8-9,11-15,17-18,20-22,26,28-32,34-35,37-44H2,1-3H3,(H,50,53)/b10-7+,19-16+,25-23+,27-24-,36-33+. The van der Waals surface area contributed by atoms with Gasteiger partial charge in [-0.1, -0.05) is 184 Å². The maximum atomic E-state index is 13.1. The SMILES string of the molecule is CC/C=C/C/C=C/C/C=C/CCCCCCC(CC(=O)NC(CO)C(O)CCCCCCCCCCC)OC(=O)CC/C=C/C/C=C\CCCCCCCC. The van der Waals surface area contributed by atoms with Gasteiger partial charge in [0.05, 0.1) is 25.2 Å².